The second kappa shape index (κ2) is 5.93. The van der Waals surface area contributed by atoms with Gasteiger partial charge in [0.1, 0.15) is 0 Å². The lowest BCUT2D eigenvalue weighted by atomic mass is 10.1. The molecule has 1 heterocycles. The van der Waals surface area contributed by atoms with Crippen LogP contribution in [0.5, 0.6) is 0 Å². The lowest BCUT2D eigenvalue weighted by molar-refractivity contribution is 0.0216. The van der Waals surface area contributed by atoms with Gasteiger partial charge in [-0.25, -0.2) is 4.79 Å². The molecule has 3 N–H and O–H groups in total. The normalized spacial score (nSPS) is 19.1. The van der Waals surface area contributed by atoms with Gasteiger partial charge in [-0.15, -0.1) is 0 Å². The number of carbonyl (C=O) groups is 1. The molecule has 1 aromatic rings. The summed E-state index contributed by atoms with van der Waals surface area (Å²) in [5.41, 5.74) is 7.21. The topological polar surface area (TPSA) is 75.8 Å². The van der Waals surface area contributed by atoms with Crippen molar-refractivity contribution in [1.29, 1.82) is 0 Å². The number of nitrogens with zero attached hydrogens (tertiary/aromatic N) is 1. The lowest BCUT2D eigenvalue weighted by Gasteiger charge is -2.30. The summed E-state index contributed by atoms with van der Waals surface area (Å²) in [6.07, 6.45) is 3.43. The van der Waals surface area contributed by atoms with Crippen LogP contribution in [-0.2, 0) is 4.74 Å². The van der Waals surface area contributed by atoms with Crippen LogP contribution in [0.25, 0.3) is 0 Å². The highest BCUT2D eigenvalue weighted by Gasteiger charge is 2.21. The van der Waals surface area contributed by atoms with E-state index in [-0.39, 0.29) is 11.7 Å². The summed E-state index contributed by atoms with van der Waals surface area (Å²) < 4.78 is 5.68. The van der Waals surface area contributed by atoms with Crippen molar-refractivity contribution in [2.45, 2.75) is 25.4 Å². The molecule has 1 aliphatic rings. The van der Waals surface area contributed by atoms with Crippen molar-refractivity contribution in [1.82, 2.24) is 0 Å². The molecule has 5 nitrogen and oxygen atoms in total. The number of nitrogen functional groups attached to an aromatic ring is 1. The number of benzene rings is 1. The number of likely N-dealkylation sites (N-methyl/N-ethyl adjacent to an activating group) is 1. The number of anilines is 2. The van der Waals surface area contributed by atoms with Gasteiger partial charge in [-0.2, -0.15) is 0 Å². The zero-order valence-electron chi connectivity index (χ0n) is 11.1. The van der Waals surface area contributed by atoms with Gasteiger partial charge < -0.3 is 20.5 Å². The van der Waals surface area contributed by atoms with Crippen molar-refractivity contribution < 1.29 is 14.6 Å². The molecule has 0 amide bonds. The molecule has 0 spiro atoms. The first-order valence-electron chi connectivity index (χ1n) is 6.54. The second-order valence-corrected chi connectivity index (χ2v) is 4.92. The van der Waals surface area contributed by atoms with Crippen LogP contribution >= 0.6 is 0 Å². The van der Waals surface area contributed by atoms with E-state index in [0.29, 0.717) is 17.9 Å². The molecule has 1 fully saturated rings. The van der Waals surface area contributed by atoms with E-state index in [1.165, 1.54) is 0 Å². The minimum absolute atomic E-state index is 0.153. The highest BCUT2D eigenvalue weighted by atomic mass is 16.5. The summed E-state index contributed by atoms with van der Waals surface area (Å²) in [6.45, 7) is 1.45. The van der Waals surface area contributed by atoms with E-state index in [1.54, 1.807) is 18.2 Å². The molecule has 1 atom stereocenters. The van der Waals surface area contributed by atoms with Crippen LogP contribution in [0.3, 0.4) is 0 Å². The number of rotatable bonds is 4. The molecule has 0 aromatic heterocycles. The van der Waals surface area contributed by atoms with Gasteiger partial charge in [0.2, 0.25) is 0 Å². The third-order valence-corrected chi connectivity index (χ3v) is 3.43. The van der Waals surface area contributed by atoms with Gasteiger partial charge in [0.15, 0.2) is 0 Å². The van der Waals surface area contributed by atoms with Gasteiger partial charge in [0.05, 0.1) is 23.0 Å². The van der Waals surface area contributed by atoms with E-state index in [1.807, 2.05) is 11.9 Å². The Balaban J connectivity index is 2.17. The second-order valence-electron chi connectivity index (χ2n) is 4.92. The first kappa shape index (κ1) is 13.7. The Morgan fingerprint density at radius 1 is 1.53 bits per heavy atom. The zero-order valence-corrected chi connectivity index (χ0v) is 11.1. The maximum Gasteiger partial charge on any atom is 0.337 e. The molecule has 0 bridgehead atoms. The van der Waals surface area contributed by atoms with Crippen LogP contribution in [-0.4, -0.2) is 37.4 Å². The number of ether oxygens (including phenoxy) is 1. The van der Waals surface area contributed by atoms with Crippen LogP contribution in [0.4, 0.5) is 11.4 Å². The molecule has 1 aliphatic heterocycles. The Kier molecular flexibility index (Phi) is 4.27. The summed E-state index contributed by atoms with van der Waals surface area (Å²) in [6, 6.07) is 4.96. The summed E-state index contributed by atoms with van der Waals surface area (Å²) in [4.78, 5) is 13.1. The predicted octanol–water partition coefficient (Wildman–Crippen LogP) is 1.97. The van der Waals surface area contributed by atoms with Gasteiger partial charge in [-0.1, -0.05) is 6.07 Å². The zero-order chi connectivity index (χ0) is 13.8. The molecule has 0 saturated carbocycles. The summed E-state index contributed by atoms with van der Waals surface area (Å²) in [7, 11) is 1.86. The van der Waals surface area contributed by atoms with E-state index < -0.39 is 5.97 Å². The highest BCUT2D eigenvalue weighted by Crippen LogP contribution is 2.28. The number of para-hydroxylation sites is 1. The number of hydrogen-bond donors (Lipinski definition) is 2. The van der Waals surface area contributed by atoms with Crippen molar-refractivity contribution in [2.24, 2.45) is 0 Å². The van der Waals surface area contributed by atoms with Gasteiger partial charge in [0.25, 0.3) is 0 Å². The Morgan fingerprint density at radius 2 is 2.32 bits per heavy atom. The number of nitrogens with two attached hydrogens (primary N) is 1. The van der Waals surface area contributed by atoms with Crippen LogP contribution in [0.1, 0.15) is 29.6 Å². The van der Waals surface area contributed by atoms with Crippen LogP contribution in [0.15, 0.2) is 18.2 Å². The largest absolute Gasteiger partial charge is 0.478 e. The fourth-order valence-corrected chi connectivity index (χ4v) is 2.51. The first-order chi connectivity index (χ1) is 9.09. The molecular formula is C14H20N2O3. The summed E-state index contributed by atoms with van der Waals surface area (Å²) in [5.74, 6) is -0.960. The summed E-state index contributed by atoms with van der Waals surface area (Å²) in [5, 5.41) is 9.23. The molecule has 0 radical (unpaired) electrons. The summed E-state index contributed by atoms with van der Waals surface area (Å²) >= 11 is 0. The minimum atomic E-state index is -0.960. The molecule has 5 heteroatoms. The van der Waals surface area contributed by atoms with Gasteiger partial charge in [-0.05, 0) is 31.4 Å². The standard InChI is InChI=1S/C14H20N2O3/c1-16(9-10-5-2-3-8-19-10)13-11(14(17)18)6-4-7-12(13)15/h4,6-7,10H,2-3,5,8-9,15H2,1H3,(H,17,18). The van der Waals surface area contributed by atoms with Crippen LogP contribution in [0, 0.1) is 0 Å². The van der Waals surface area contributed by atoms with Crippen LogP contribution < -0.4 is 10.6 Å². The average molecular weight is 264 g/mol. The predicted molar refractivity (Wildman–Crippen MR) is 74.7 cm³/mol. The molecule has 19 heavy (non-hydrogen) atoms. The van der Waals surface area contributed by atoms with Gasteiger partial charge in [0, 0.05) is 20.2 Å². The van der Waals surface area contributed by atoms with Crippen molar-refractivity contribution >= 4 is 17.3 Å². The highest BCUT2D eigenvalue weighted by molar-refractivity contribution is 5.97. The molecule has 1 unspecified atom stereocenters. The third-order valence-electron chi connectivity index (χ3n) is 3.43. The Morgan fingerprint density at radius 3 is 2.95 bits per heavy atom. The molecular weight excluding hydrogens is 244 g/mol. The van der Waals surface area contributed by atoms with E-state index in [0.717, 1.165) is 25.9 Å². The Labute approximate surface area is 113 Å². The van der Waals surface area contributed by atoms with Crippen molar-refractivity contribution in [2.75, 3.05) is 30.8 Å². The number of carboxylic acid groups (broad SMARTS) is 1. The smallest absolute Gasteiger partial charge is 0.337 e. The minimum Gasteiger partial charge on any atom is -0.478 e. The molecule has 1 saturated heterocycles. The molecule has 0 aliphatic carbocycles. The van der Waals surface area contributed by atoms with E-state index >= 15 is 0 Å². The van der Waals surface area contributed by atoms with Crippen LogP contribution in [0.2, 0.25) is 0 Å². The third kappa shape index (κ3) is 3.17. The first-order valence-corrected chi connectivity index (χ1v) is 6.54. The Hall–Kier alpha value is -1.75. The van der Waals surface area contributed by atoms with Crippen molar-refractivity contribution in [3.63, 3.8) is 0 Å². The van der Waals surface area contributed by atoms with Crippen molar-refractivity contribution in [3.8, 4) is 0 Å². The number of carboxylic acids is 1. The maximum atomic E-state index is 11.3. The molecule has 104 valence electrons. The lowest BCUT2D eigenvalue weighted by Crippen LogP contribution is -2.34. The molecule has 2 rings (SSSR count). The quantitative estimate of drug-likeness (QED) is 0.813. The van der Waals surface area contributed by atoms with E-state index in [4.69, 9.17) is 10.5 Å². The van der Waals surface area contributed by atoms with Gasteiger partial charge >= 0.3 is 5.97 Å². The average Bonchev–Trinajstić information content (AvgIpc) is 2.39. The maximum absolute atomic E-state index is 11.3. The van der Waals surface area contributed by atoms with Gasteiger partial charge in [-0.3, -0.25) is 0 Å². The van der Waals surface area contributed by atoms with E-state index in [9.17, 15) is 9.90 Å². The fourth-order valence-electron chi connectivity index (χ4n) is 2.51. The van der Waals surface area contributed by atoms with E-state index in [2.05, 4.69) is 0 Å². The Bertz CT molecular complexity index is 456. The number of aromatic carboxylic acids is 1. The monoisotopic (exact) mass is 264 g/mol. The number of hydrogen-bond acceptors (Lipinski definition) is 4. The fraction of sp³-hybridized carbons (Fsp3) is 0.500. The molecule has 1 aromatic carbocycles. The van der Waals surface area contributed by atoms with Crippen molar-refractivity contribution in [3.05, 3.63) is 23.8 Å². The SMILES string of the molecule is CN(CC1CCCCO1)c1c(N)cccc1C(=O)O.